The van der Waals surface area contributed by atoms with Gasteiger partial charge in [0.2, 0.25) is 5.95 Å². The van der Waals surface area contributed by atoms with Crippen molar-refractivity contribution >= 4 is 23.4 Å². The first kappa shape index (κ1) is 18.9. The van der Waals surface area contributed by atoms with Crippen LogP contribution in [-0.2, 0) is 0 Å². The number of carbonyl (C=O) groups is 1. The lowest BCUT2D eigenvalue weighted by molar-refractivity contribution is 0.0955. The molecule has 7 heteroatoms. The van der Waals surface area contributed by atoms with Crippen molar-refractivity contribution in [1.82, 2.24) is 15.3 Å². The molecule has 0 aliphatic carbocycles. The molecule has 144 valence electrons. The monoisotopic (exact) mass is 368 g/mol. The molecule has 1 amide bonds. The average Bonchev–Trinajstić information content (AvgIpc) is 3.19. The first-order valence-electron chi connectivity index (χ1n) is 9.43. The molecule has 0 saturated carbocycles. The van der Waals surface area contributed by atoms with Gasteiger partial charge in [-0.15, -0.1) is 0 Å². The quantitative estimate of drug-likeness (QED) is 0.731. The van der Waals surface area contributed by atoms with Crippen LogP contribution in [0.25, 0.3) is 0 Å². The number of aryl methyl sites for hydroxylation is 1. The molecule has 1 aromatic heterocycles. The lowest BCUT2D eigenvalue weighted by Gasteiger charge is -2.17. The molecule has 0 bridgehead atoms. The SMILES string of the molecule is Cc1cc(N2CCCC2)nc(NCCNC(=O)c2ccc(N(C)C)cc2)n1. The van der Waals surface area contributed by atoms with Crippen molar-refractivity contribution in [3.05, 3.63) is 41.6 Å². The van der Waals surface area contributed by atoms with Crippen LogP contribution < -0.4 is 20.4 Å². The number of amides is 1. The first-order chi connectivity index (χ1) is 13.0. The molecule has 7 nitrogen and oxygen atoms in total. The molecule has 1 fully saturated rings. The molecule has 3 rings (SSSR count). The minimum atomic E-state index is -0.0787. The van der Waals surface area contributed by atoms with Crippen molar-refractivity contribution in [2.24, 2.45) is 0 Å². The van der Waals surface area contributed by atoms with Crippen molar-refractivity contribution < 1.29 is 4.79 Å². The summed E-state index contributed by atoms with van der Waals surface area (Å²) < 4.78 is 0. The number of anilines is 3. The van der Waals surface area contributed by atoms with Crippen LogP contribution in [0, 0.1) is 6.92 Å². The van der Waals surface area contributed by atoms with Gasteiger partial charge in [0.15, 0.2) is 0 Å². The minimum Gasteiger partial charge on any atom is -0.378 e. The summed E-state index contributed by atoms with van der Waals surface area (Å²) in [6, 6.07) is 9.57. The third kappa shape index (κ3) is 5.09. The maximum absolute atomic E-state index is 12.2. The van der Waals surface area contributed by atoms with Crippen LogP contribution in [0.1, 0.15) is 28.9 Å². The molecule has 1 aliphatic rings. The van der Waals surface area contributed by atoms with E-state index in [0.717, 1.165) is 30.3 Å². The first-order valence-corrected chi connectivity index (χ1v) is 9.43. The number of nitrogens with zero attached hydrogens (tertiary/aromatic N) is 4. The van der Waals surface area contributed by atoms with Gasteiger partial charge in [-0.3, -0.25) is 4.79 Å². The molecule has 2 aromatic rings. The minimum absolute atomic E-state index is 0.0787. The van der Waals surface area contributed by atoms with Crippen LogP contribution in [0.4, 0.5) is 17.5 Å². The van der Waals surface area contributed by atoms with E-state index in [0.29, 0.717) is 24.6 Å². The van der Waals surface area contributed by atoms with Crippen molar-refractivity contribution in [3.63, 3.8) is 0 Å². The Balaban J connectivity index is 1.49. The largest absolute Gasteiger partial charge is 0.378 e. The maximum Gasteiger partial charge on any atom is 0.251 e. The van der Waals surface area contributed by atoms with Gasteiger partial charge in [0.25, 0.3) is 5.91 Å². The normalized spacial score (nSPS) is 13.5. The molecule has 1 aliphatic heterocycles. The number of carbonyl (C=O) groups excluding carboxylic acids is 1. The van der Waals surface area contributed by atoms with Crippen molar-refractivity contribution in [1.29, 1.82) is 0 Å². The second kappa shape index (κ2) is 8.70. The van der Waals surface area contributed by atoms with Gasteiger partial charge in [-0.05, 0) is 44.0 Å². The Labute approximate surface area is 160 Å². The van der Waals surface area contributed by atoms with E-state index in [1.54, 1.807) is 0 Å². The molecule has 0 spiro atoms. The molecule has 2 heterocycles. The Bertz CT molecular complexity index is 769. The fourth-order valence-corrected chi connectivity index (χ4v) is 3.10. The second-order valence-electron chi connectivity index (χ2n) is 7.01. The number of rotatable bonds is 7. The highest BCUT2D eigenvalue weighted by Crippen LogP contribution is 2.19. The summed E-state index contributed by atoms with van der Waals surface area (Å²) in [7, 11) is 3.95. The Morgan fingerprint density at radius 2 is 1.81 bits per heavy atom. The van der Waals surface area contributed by atoms with Crippen LogP contribution in [0.3, 0.4) is 0 Å². The molecule has 1 saturated heterocycles. The lowest BCUT2D eigenvalue weighted by Crippen LogP contribution is -2.29. The Morgan fingerprint density at radius 3 is 2.48 bits per heavy atom. The zero-order valence-electron chi connectivity index (χ0n) is 16.3. The molecular weight excluding hydrogens is 340 g/mol. The van der Waals surface area contributed by atoms with Crippen molar-refractivity contribution in [2.45, 2.75) is 19.8 Å². The van der Waals surface area contributed by atoms with Crippen LogP contribution in [0.5, 0.6) is 0 Å². The Morgan fingerprint density at radius 1 is 1.11 bits per heavy atom. The zero-order valence-corrected chi connectivity index (χ0v) is 16.3. The highest BCUT2D eigenvalue weighted by molar-refractivity contribution is 5.94. The number of benzene rings is 1. The zero-order chi connectivity index (χ0) is 19.2. The maximum atomic E-state index is 12.2. The Kier molecular flexibility index (Phi) is 6.11. The Hall–Kier alpha value is -2.83. The van der Waals surface area contributed by atoms with Gasteiger partial charge in [0.1, 0.15) is 5.82 Å². The lowest BCUT2D eigenvalue weighted by atomic mass is 10.2. The van der Waals surface area contributed by atoms with E-state index < -0.39 is 0 Å². The fraction of sp³-hybridized carbons (Fsp3) is 0.450. The number of nitrogens with one attached hydrogen (secondary N) is 2. The van der Waals surface area contributed by atoms with Gasteiger partial charge in [0.05, 0.1) is 0 Å². The second-order valence-corrected chi connectivity index (χ2v) is 7.01. The molecule has 0 radical (unpaired) electrons. The summed E-state index contributed by atoms with van der Waals surface area (Å²) in [6.45, 7) is 5.16. The summed E-state index contributed by atoms with van der Waals surface area (Å²) in [5, 5.41) is 6.13. The summed E-state index contributed by atoms with van der Waals surface area (Å²) in [5.41, 5.74) is 2.67. The summed E-state index contributed by atoms with van der Waals surface area (Å²) in [4.78, 5) is 25.6. The molecule has 2 N–H and O–H groups in total. The third-order valence-electron chi connectivity index (χ3n) is 4.61. The number of aromatic nitrogens is 2. The predicted molar refractivity (Wildman–Crippen MR) is 110 cm³/mol. The van der Waals surface area contributed by atoms with Crippen molar-refractivity contribution in [3.8, 4) is 0 Å². The summed E-state index contributed by atoms with van der Waals surface area (Å²) >= 11 is 0. The van der Waals surface area contributed by atoms with Crippen LogP contribution in [0.2, 0.25) is 0 Å². The average molecular weight is 368 g/mol. The van der Waals surface area contributed by atoms with E-state index in [2.05, 4.69) is 25.5 Å². The van der Waals surface area contributed by atoms with Crippen LogP contribution >= 0.6 is 0 Å². The van der Waals surface area contributed by atoms with E-state index in [1.807, 2.05) is 56.3 Å². The predicted octanol–water partition coefficient (Wildman–Crippen LogP) is 2.29. The fourth-order valence-electron chi connectivity index (χ4n) is 3.10. The molecule has 0 atom stereocenters. The van der Waals surface area contributed by atoms with E-state index in [4.69, 9.17) is 0 Å². The third-order valence-corrected chi connectivity index (χ3v) is 4.61. The van der Waals surface area contributed by atoms with Crippen molar-refractivity contribution in [2.75, 3.05) is 55.4 Å². The van der Waals surface area contributed by atoms with Gasteiger partial charge >= 0.3 is 0 Å². The van der Waals surface area contributed by atoms with Crippen LogP contribution in [0.15, 0.2) is 30.3 Å². The molecule has 0 unspecified atom stereocenters. The van der Waals surface area contributed by atoms with E-state index >= 15 is 0 Å². The molecule has 1 aromatic carbocycles. The highest BCUT2D eigenvalue weighted by atomic mass is 16.1. The van der Waals surface area contributed by atoms with Gasteiger partial charge in [-0.1, -0.05) is 0 Å². The topological polar surface area (TPSA) is 73.4 Å². The number of hydrogen-bond donors (Lipinski definition) is 2. The van der Waals surface area contributed by atoms with E-state index in [-0.39, 0.29) is 5.91 Å². The van der Waals surface area contributed by atoms with Crippen LogP contribution in [-0.4, -0.2) is 56.1 Å². The number of hydrogen-bond acceptors (Lipinski definition) is 6. The summed E-state index contributed by atoms with van der Waals surface area (Å²) in [5.74, 6) is 1.51. The van der Waals surface area contributed by atoms with Gasteiger partial charge in [-0.2, -0.15) is 4.98 Å². The van der Waals surface area contributed by atoms with Gasteiger partial charge < -0.3 is 20.4 Å². The van der Waals surface area contributed by atoms with Gasteiger partial charge in [0, 0.05) is 63.3 Å². The van der Waals surface area contributed by atoms with Gasteiger partial charge in [-0.25, -0.2) is 4.98 Å². The van der Waals surface area contributed by atoms with E-state index in [1.165, 1.54) is 12.8 Å². The summed E-state index contributed by atoms with van der Waals surface area (Å²) in [6.07, 6.45) is 2.43. The molecular formula is C20H28N6O. The molecule has 27 heavy (non-hydrogen) atoms. The van der Waals surface area contributed by atoms with E-state index in [9.17, 15) is 4.79 Å². The smallest absolute Gasteiger partial charge is 0.251 e. The highest BCUT2D eigenvalue weighted by Gasteiger charge is 2.15. The standard InChI is InChI=1S/C20H28N6O/c1-15-14-18(26-12-4-5-13-26)24-20(23-15)22-11-10-21-19(27)16-6-8-17(9-7-16)25(2)3/h6-9,14H,4-5,10-13H2,1-3H3,(H,21,27)(H,22,23,24).